The second-order valence-electron chi connectivity index (χ2n) is 5.73. The van der Waals surface area contributed by atoms with Gasteiger partial charge in [-0.15, -0.1) is 0 Å². The number of rotatable bonds is 5. The lowest BCUT2D eigenvalue weighted by atomic mass is 10.0. The van der Waals surface area contributed by atoms with Crippen molar-refractivity contribution in [2.75, 3.05) is 40.8 Å². The van der Waals surface area contributed by atoms with E-state index < -0.39 is 6.10 Å². The average molecular weight is 278 g/mol. The van der Waals surface area contributed by atoms with Crippen LogP contribution >= 0.6 is 0 Å². The maximum absolute atomic E-state index is 10.5. The van der Waals surface area contributed by atoms with Crippen LogP contribution < -0.4 is 4.74 Å². The van der Waals surface area contributed by atoms with Crippen LogP contribution in [0.1, 0.15) is 24.5 Å². The van der Waals surface area contributed by atoms with Crippen molar-refractivity contribution in [1.82, 2.24) is 9.80 Å². The topological polar surface area (TPSA) is 35.9 Å². The summed E-state index contributed by atoms with van der Waals surface area (Å²) in [4.78, 5) is 4.64. The molecule has 0 radical (unpaired) electrons. The largest absolute Gasteiger partial charge is 0.496 e. The highest BCUT2D eigenvalue weighted by molar-refractivity contribution is 5.35. The van der Waals surface area contributed by atoms with Gasteiger partial charge in [0.2, 0.25) is 0 Å². The van der Waals surface area contributed by atoms with Crippen LogP contribution in [0.2, 0.25) is 0 Å². The number of ether oxygens (including phenoxy) is 1. The van der Waals surface area contributed by atoms with Gasteiger partial charge in [-0.05, 0) is 46.1 Å². The van der Waals surface area contributed by atoms with Crippen molar-refractivity contribution in [1.29, 1.82) is 0 Å². The van der Waals surface area contributed by atoms with Crippen molar-refractivity contribution in [2.24, 2.45) is 0 Å². The number of piperidine rings is 1. The molecular formula is C16H26N2O2. The lowest BCUT2D eigenvalue weighted by Crippen LogP contribution is -2.43. The van der Waals surface area contributed by atoms with Crippen LogP contribution in [0, 0.1) is 0 Å². The summed E-state index contributed by atoms with van der Waals surface area (Å²) in [5.41, 5.74) is 0.870. The maximum Gasteiger partial charge on any atom is 0.124 e. The highest BCUT2D eigenvalue weighted by atomic mass is 16.5. The minimum atomic E-state index is -0.504. The second kappa shape index (κ2) is 7.07. The summed E-state index contributed by atoms with van der Waals surface area (Å²) < 4.78 is 5.32. The van der Waals surface area contributed by atoms with Crippen molar-refractivity contribution < 1.29 is 9.84 Å². The Hall–Kier alpha value is -1.10. The molecule has 4 heteroatoms. The normalized spacial score (nSPS) is 19.2. The molecule has 0 bridgehead atoms. The Morgan fingerprint density at radius 2 is 2.00 bits per heavy atom. The van der Waals surface area contributed by atoms with E-state index in [1.807, 2.05) is 24.3 Å². The van der Waals surface area contributed by atoms with Crippen LogP contribution in [-0.4, -0.2) is 61.8 Å². The molecule has 0 aromatic heterocycles. The van der Waals surface area contributed by atoms with Gasteiger partial charge in [-0.3, -0.25) is 0 Å². The number of likely N-dealkylation sites (tertiary alicyclic amines) is 1. The summed E-state index contributed by atoms with van der Waals surface area (Å²) in [6, 6.07) is 8.27. The third-order valence-corrected chi connectivity index (χ3v) is 4.27. The first kappa shape index (κ1) is 15.3. The van der Waals surface area contributed by atoms with Gasteiger partial charge in [0.05, 0.1) is 13.2 Å². The Bertz CT molecular complexity index is 417. The molecule has 1 heterocycles. The van der Waals surface area contributed by atoms with E-state index in [0.717, 1.165) is 24.4 Å². The van der Waals surface area contributed by atoms with Crippen molar-refractivity contribution >= 4 is 0 Å². The number of nitrogens with zero attached hydrogens (tertiary/aromatic N) is 2. The van der Waals surface area contributed by atoms with Gasteiger partial charge in [-0.25, -0.2) is 0 Å². The standard InChI is InChI=1S/C16H26N2O2/c1-17-10-8-13(9-11-17)18(2)12-15(19)14-6-4-5-7-16(14)20-3/h4-7,13,15,19H,8-12H2,1-3H3. The molecule has 1 aromatic carbocycles. The molecule has 20 heavy (non-hydrogen) atoms. The first-order valence-corrected chi connectivity index (χ1v) is 7.31. The molecule has 1 saturated heterocycles. The van der Waals surface area contributed by atoms with E-state index in [4.69, 9.17) is 4.74 Å². The number of para-hydroxylation sites is 1. The zero-order chi connectivity index (χ0) is 14.5. The molecule has 0 amide bonds. The number of aliphatic hydroxyl groups is 1. The van der Waals surface area contributed by atoms with Crippen molar-refractivity contribution in [3.05, 3.63) is 29.8 Å². The number of hydrogen-bond acceptors (Lipinski definition) is 4. The van der Waals surface area contributed by atoms with Gasteiger partial charge in [0.25, 0.3) is 0 Å². The SMILES string of the molecule is COc1ccccc1C(O)CN(C)C1CCN(C)CC1. The Morgan fingerprint density at radius 1 is 1.35 bits per heavy atom. The van der Waals surface area contributed by atoms with Gasteiger partial charge in [0, 0.05) is 18.2 Å². The Kier molecular flexibility index (Phi) is 5.40. The Labute approximate surface area is 122 Å². The fourth-order valence-electron chi connectivity index (χ4n) is 2.90. The van der Waals surface area contributed by atoms with Crippen LogP contribution in [0.15, 0.2) is 24.3 Å². The zero-order valence-corrected chi connectivity index (χ0v) is 12.7. The van der Waals surface area contributed by atoms with Gasteiger partial charge in [-0.2, -0.15) is 0 Å². The molecule has 0 spiro atoms. The first-order chi connectivity index (χ1) is 9.61. The summed E-state index contributed by atoms with van der Waals surface area (Å²) >= 11 is 0. The molecule has 0 aliphatic carbocycles. The number of methoxy groups -OCH3 is 1. The smallest absolute Gasteiger partial charge is 0.124 e. The molecule has 1 aliphatic heterocycles. The molecule has 1 N–H and O–H groups in total. The molecule has 1 aromatic rings. The average Bonchev–Trinajstić information content (AvgIpc) is 2.47. The predicted molar refractivity (Wildman–Crippen MR) is 81.1 cm³/mol. The summed E-state index contributed by atoms with van der Waals surface area (Å²) in [5, 5.41) is 10.5. The molecule has 0 saturated carbocycles. The fraction of sp³-hybridized carbons (Fsp3) is 0.625. The third-order valence-electron chi connectivity index (χ3n) is 4.27. The van der Waals surface area contributed by atoms with Crippen LogP contribution in [-0.2, 0) is 0 Å². The van der Waals surface area contributed by atoms with Crippen LogP contribution in [0.4, 0.5) is 0 Å². The number of benzene rings is 1. The molecule has 4 nitrogen and oxygen atoms in total. The van der Waals surface area contributed by atoms with Crippen molar-refractivity contribution in [3.63, 3.8) is 0 Å². The molecule has 1 atom stereocenters. The predicted octanol–water partition coefficient (Wildman–Crippen LogP) is 1.75. The summed E-state index contributed by atoms with van der Waals surface area (Å²) in [5.74, 6) is 0.761. The summed E-state index contributed by atoms with van der Waals surface area (Å²) in [6.07, 6.45) is 1.84. The zero-order valence-electron chi connectivity index (χ0n) is 12.7. The molecule has 1 aliphatic rings. The van der Waals surface area contributed by atoms with E-state index in [2.05, 4.69) is 23.9 Å². The summed E-state index contributed by atoms with van der Waals surface area (Å²) in [6.45, 7) is 2.92. The van der Waals surface area contributed by atoms with Crippen LogP contribution in [0.25, 0.3) is 0 Å². The lowest BCUT2D eigenvalue weighted by molar-refractivity contribution is 0.0775. The second-order valence-corrected chi connectivity index (χ2v) is 5.73. The van der Waals surface area contributed by atoms with Gasteiger partial charge >= 0.3 is 0 Å². The highest BCUT2D eigenvalue weighted by Crippen LogP contribution is 2.26. The van der Waals surface area contributed by atoms with Crippen LogP contribution in [0.3, 0.4) is 0 Å². The van der Waals surface area contributed by atoms with Gasteiger partial charge < -0.3 is 19.6 Å². The minimum Gasteiger partial charge on any atom is -0.496 e. The van der Waals surface area contributed by atoms with Gasteiger partial charge in [0.1, 0.15) is 5.75 Å². The van der Waals surface area contributed by atoms with E-state index in [1.54, 1.807) is 7.11 Å². The quantitative estimate of drug-likeness (QED) is 0.890. The van der Waals surface area contributed by atoms with E-state index >= 15 is 0 Å². The first-order valence-electron chi connectivity index (χ1n) is 7.31. The Morgan fingerprint density at radius 3 is 2.65 bits per heavy atom. The van der Waals surface area contributed by atoms with Crippen LogP contribution in [0.5, 0.6) is 5.75 Å². The van der Waals surface area contributed by atoms with Crippen molar-refractivity contribution in [3.8, 4) is 5.75 Å². The number of likely N-dealkylation sites (N-methyl/N-ethyl adjacent to an activating group) is 1. The number of hydrogen-bond donors (Lipinski definition) is 1. The van der Waals surface area contributed by atoms with E-state index in [1.165, 1.54) is 12.8 Å². The molecule has 2 rings (SSSR count). The van der Waals surface area contributed by atoms with E-state index in [-0.39, 0.29) is 0 Å². The Balaban J connectivity index is 1.95. The monoisotopic (exact) mass is 278 g/mol. The lowest BCUT2D eigenvalue weighted by Gasteiger charge is -2.36. The summed E-state index contributed by atoms with van der Waals surface area (Å²) in [7, 11) is 5.92. The molecule has 112 valence electrons. The minimum absolute atomic E-state index is 0.504. The molecule has 1 unspecified atom stereocenters. The van der Waals surface area contributed by atoms with Crippen molar-refractivity contribution in [2.45, 2.75) is 25.0 Å². The highest BCUT2D eigenvalue weighted by Gasteiger charge is 2.23. The van der Waals surface area contributed by atoms with E-state index in [0.29, 0.717) is 12.6 Å². The molecule has 1 fully saturated rings. The van der Waals surface area contributed by atoms with E-state index in [9.17, 15) is 5.11 Å². The maximum atomic E-state index is 10.5. The fourth-order valence-corrected chi connectivity index (χ4v) is 2.90. The van der Waals surface area contributed by atoms with Gasteiger partial charge in [0.15, 0.2) is 0 Å². The number of aliphatic hydroxyl groups excluding tert-OH is 1. The van der Waals surface area contributed by atoms with Gasteiger partial charge in [-0.1, -0.05) is 18.2 Å². The third kappa shape index (κ3) is 3.72. The molecular weight excluding hydrogens is 252 g/mol.